The molecule has 0 amide bonds. The fourth-order valence-electron chi connectivity index (χ4n) is 2.47. The molecule has 2 aromatic rings. The Bertz CT molecular complexity index is 620. The Hall–Kier alpha value is -1.70. The molecule has 1 aliphatic rings. The Morgan fingerprint density at radius 1 is 1.44 bits per heavy atom. The van der Waals surface area contributed by atoms with Crippen molar-refractivity contribution in [2.75, 3.05) is 6.61 Å². The summed E-state index contributed by atoms with van der Waals surface area (Å²) in [6, 6.07) is -0.442. The first-order valence-electron chi connectivity index (χ1n) is 5.80. The van der Waals surface area contributed by atoms with E-state index in [0.29, 0.717) is 17.5 Å². The molecule has 2 aromatic heterocycles. The van der Waals surface area contributed by atoms with Gasteiger partial charge in [0.15, 0.2) is 0 Å². The van der Waals surface area contributed by atoms with Crippen LogP contribution in [0.3, 0.4) is 0 Å². The van der Waals surface area contributed by atoms with Crippen molar-refractivity contribution in [1.82, 2.24) is 20.3 Å². The van der Waals surface area contributed by atoms with Gasteiger partial charge < -0.3 is 25.5 Å². The highest BCUT2D eigenvalue weighted by Crippen LogP contribution is 2.29. The standard InChI is InChI=1S/C11H14N4O3/c16-3-7-8(17)1-6(15-7)5-2-12-10-9(5)13-4-14-11(10)18/h2,4,6-8,12,15-17H,1,3H2,(H,13,14,18)/t6?,7-,8?/m1/s1. The van der Waals surface area contributed by atoms with Gasteiger partial charge in [0.1, 0.15) is 11.0 Å². The van der Waals surface area contributed by atoms with E-state index in [1.54, 1.807) is 6.20 Å². The van der Waals surface area contributed by atoms with E-state index in [1.165, 1.54) is 6.33 Å². The average Bonchev–Trinajstić information content (AvgIpc) is 2.93. The predicted octanol–water partition coefficient (Wildman–Crippen LogP) is -0.993. The highest BCUT2D eigenvalue weighted by atomic mass is 16.3. The van der Waals surface area contributed by atoms with Crippen molar-refractivity contribution in [2.45, 2.75) is 24.6 Å². The number of nitrogens with one attached hydrogen (secondary N) is 3. The van der Waals surface area contributed by atoms with E-state index in [2.05, 4.69) is 20.3 Å². The van der Waals surface area contributed by atoms with Gasteiger partial charge in [-0.1, -0.05) is 0 Å². The summed E-state index contributed by atoms with van der Waals surface area (Å²) in [6.07, 6.45) is 2.98. The van der Waals surface area contributed by atoms with Crippen LogP contribution in [0.1, 0.15) is 18.0 Å². The molecule has 7 heteroatoms. The molecule has 1 aliphatic heterocycles. The summed E-state index contributed by atoms with van der Waals surface area (Å²) >= 11 is 0. The zero-order valence-electron chi connectivity index (χ0n) is 9.55. The third-order valence-corrected chi connectivity index (χ3v) is 3.43. The molecule has 2 unspecified atom stereocenters. The minimum absolute atomic E-state index is 0.111. The monoisotopic (exact) mass is 250 g/mol. The van der Waals surface area contributed by atoms with Gasteiger partial charge in [-0.3, -0.25) is 4.79 Å². The normalized spacial score (nSPS) is 28.0. The lowest BCUT2D eigenvalue weighted by molar-refractivity contribution is 0.121. The summed E-state index contributed by atoms with van der Waals surface area (Å²) in [5.74, 6) is 0. The molecule has 0 saturated carbocycles. The molecule has 0 aliphatic carbocycles. The van der Waals surface area contributed by atoms with E-state index >= 15 is 0 Å². The van der Waals surface area contributed by atoms with Crippen LogP contribution in [0.5, 0.6) is 0 Å². The van der Waals surface area contributed by atoms with E-state index < -0.39 is 6.10 Å². The first-order valence-corrected chi connectivity index (χ1v) is 5.80. The van der Waals surface area contributed by atoms with Crippen molar-refractivity contribution in [3.63, 3.8) is 0 Å². The molecule has 1 fully saturated rings. The van der Waals surface area contributed by atoms with E-state index in [4.69, 9.17) is 5.11 Å². The summed E-state index contributed by atoms with van der Waals surface area (Å²) in [7, 11) is 0. The van der Waals surface area contributed by atoms with E-state index in [-0.39, 0.29) is 24.2 Å². The van der Waals surface area contributed by atoms with Crippen LogP contribution in [0.25, 0.3) is 11.0 Å². The number of aliphatic hydroxyl groups is 2. The molecule has 3 rings (SSSR count). The molecule has 0 bridgehead atoms. The first-order chi connectivity index (χ1) is 8.70. The maximum atomic E-state index is 11.6. The van der Waals surface area contributed by atoms with Gasteiger partial charge in [-0.25, -0.2) is 4.98 Å². The minimum atomic E-state index is -0.591. The van der Waals surface area contributed by atoms with Gasteiger partial charge >= 0.3 is 0 Å². The number of nitrogens with zero attached hydrogens (tertiary/aromatic N) is 1. The molecule has 3 atom stereocenters. The SMILES string of the molecule is O=c1[nH]cnc2c(C3CC(O)[C@@H](CO)N3)c[nH]c12. The smallest absolute Gasteiger partial charge is 0.275 e. The van der Waals surface area contributed by atoms with Gasteiger partial charge in [-0.2, -0.15) is 0 Å². The van der Waals surface area contributed by atoms with Crippen LogP contribution in [0.2, 0.25) is 0 Å². The van der Waals surface area contributed by atoms with E-state index in [9.17, 15) is 9.90 Å². The molecule has 7 nitrogen and oxygen atoms in total. The zero-order chi connectivity index (χ0) is 12.7. The summed E-state index contributed by atoms with van der Waals surface area (Å²) in [5.41, 5.74) is 1.65. The quantitative estimate of drug-likeness (QED) is 0.469. The van der Waals surface area contributed by atoms with E-state index in [0.717, 1.165) is 5.56 Å². The molecular weight excluding hydrogens is 236 g/mol. The van der Waals surface area contributed by atoms with Crippen molar-refractivity contribution >= 4 is 11.0 Å². The van der Waals surface area contributed by atoms with Crippen LogP contribution in [-0.2, 0) is 0 Å². The Balaban J connectivity index is 2.01. The van der Waals surface area contributed by atoms with Crippen LogP contribution in [0, 0.1) is 0 Å². The van der Waals surface area contributed by atoms with Crippen molar-refractivity contribution in [2.24, 2.45) is 0 Å². The summed E-state index contributed by atoms with van der Waals surface area (Å²) in [5, 5.41) is 22.0. The molecule has 5 N–H and O–H groups in total. The lowest BCUT2D eigenvalue weighted by atomic mass is 10.1. The Morgan fingerprint density at radius 3 is 3.00 bits per heavy atom. The maximum absolute atomic E-state index is 11.6. The molecule has 0 radical (unpaired) electrons. The number of fused-ring (bicyclic) bond motifs is 1. The fraction of sp³-hybridized carbons (Fsp3) is 0.455. The largest absolute Gasteiger partial charge is 0.395 e. The number of aromatic amines is 2. The van der Waals surface area contributed by atoms with Crippen LogP contribution in [0.4, 0.5) is 0 Å². The van der Waals surface area contributed by atoms with Crippen LogP contribution >= 0.6 is 0 Å². The zero-order valence-corrected chi connectivity index (χ0v) is 9.55. The summed E-state index contributed by atoms with van der Waals surface area (Å²) in [4.78, 5) is 21.1. The van der Waals surface area contributed by atoms with Crippen LogP contribution in [-0.4, -0.2) is 43.9 Å². The Kier molecular flexibility index (Phi) is 2.66. The van der Waals surface area contributed by atoms with Crippen molar-refractivity contribution < 1.29 is 10.2 Å². The minimum Gasteiger partial charge on any atom is -0.395 e. The Morgan fingerprint density at radius 2 is 2.28 bits per heavy atom. The summed E-state index contributed by atoms with van der Waals surface area (Å²) < 4.78 is 0. The van der Waals surface area contributed by atoms with Crippen molar-refractivity contribution in [3.8, 4) is 0 Å². The lowest BCUT2D eigenvalue weighted by Gasteiger charge is -2.11. The molecule has 3 heterocycles. The second kappa shape index (κ2) is 4.20. The van der Waals surface area contributed by atoms with Crippen LogP contribution in [0.15, 0.2) is 17.3 Å². The van der Waals surface area contributed by atoms with Crippen LogP contribution < -0.4 is 10.9 Å². The third-order valence-electron chi connectivity index (χ3n) is 3.43. The lowest BCUT2D eigenvalue weighted by Crippen LogP contribution is -2.34. The predicted molar refractivity (Wildman–Crippen MR) is 64.1 cm³/mol. The number of hydrogen-bond donors (Lipinski definition) is 5. The number of aliphatic hydroxyl groups excluding tert-OH is 2. The number of aromatic nitrogens is 3. The second-order valence-corrected chi connectivity index (χ2v) is 4.51. The Labute approximate surface area is 102 Å². The number of rotatable bonds is 2. The van der Waals surface area contributed by atoms with Gasteiger partial charge in [0.05, 0.1) is 25.1 Å². The molecule has 1 saturated heterocycles. The molecule has 18 heavy (non-hydrogen) atoms. The van der Waals surface area contributed by atoms with Gasteiger partial charge in [0, 0.05) is 17.8 Å². The van der Waals surface area contributed by atoms with Gasteiger partial charge in [-0.15, -0.1) is 0 Å². The fourth-order valence-corrected chi connectivity index (χ4v) is 2.47. The molecule has 0 aromatic carbocycles. The van der Waals surface area contributed by atoms with Crippen molar-refractivity contribution in [1.29, 1.82) is 0 Å². The molecule has 0 spiro atoms. The van der Waals surface area contributed by atoms with E-state index in [1.807, 2.05) is 0 Å². The summed E-state index contributed by atoms with van der Waals surface area (Å²) in [6.45, 7) is -0.117. The van der Waals surface area contributed by atoms with Gasteiger partial charge in [0.2, 0.25) is 0 Å². The second-order valence-electron chi connectivity index (χ2n) is 4.51. The maximum Gasteiger partial charge on any atom is 0.275 e. The number of H-pyrrole nitrogens is 2. The topological polar surface area (TPSA) is 114 Å². The highest BCUT2D eigenvalue weighted by Gasteiger charge is 2.34. The molecular formula is C11H14N4O3. The highest BCUT2D eigenvalue weighted by molar-refractivity contribution is 5.78. The average molecular weight is 250 g/mol. The van der Waals surface area contributed by atoms with Gasteiger partial charge in [-0.05, 0) is 6.42 Å². The van der Waals surface area contributed by atoms with Crippen molar-refractivity contribution in [3.05, 3.63) is 28.4 Å². The van der Waals surface area contributed by atoms with Gasteiger partial charge in [0.25, 0.3) is 5.56 Å². The first kappa shape index (κ1) is 11.4. The third kappa shape index (κ3) is 1.64. The molecule has 96 valence electrons. The number of hydrogen-bond acceptors (Lipinski definition) is 5.